The van der Waals surface area contributed by atoms with E-state index in [9.17, 15) is 13.2 Å². The van der Waals surface area contributed by atoms with Gasteiger partial charge in [-0.3, -0.25) is 4.79 Å². The van der Waals surface area contributed by atoms with Crippen molar-refractivity contribution in [1.82, 2.24) is 8.87 Å². The summed E-state index contributed by atoms with van der Waals surface area (Å²) >= 11 is 1.44. The number of rotatable bonds is 5. The molecule has 1 saturated heterocycles. The second kappa shape index (κ2) is 8.06. The number of hydrogen-bond acceptors (Lipinski definition) is 4. The summed E-state index contributed by atoms with van der Waals surface area (Å²) in [5.41, 5.74) is 1.35. The minimum Gasteiger partial charge on any atom is -0.312 e. The zero-order valence-corrected chi connectivity index (χ0v) is 17.5. The first-order valence-corrected chi connectivity index (χ1v) is 11.6. The van der Waals surface area contributed by atoms with Gasteiger partial charge in [-0.1, -0.05) is 29.5 Å². The van der Waals surface area contributed by atoms with Gasteiger partial charge in [0.25, 0.3) is 5.91 Å². The van der Waals surface area contributed by atoms with Crippen LogP contribution in [-0.4, -0.2) is 36.3 Å². The maximum Gasteiger partial charge on any atom is 0.279 e. The molecule has 150 valence electrons. The number of aromatic nitrogens is 1. The van der Waals surface area contributed by atoms with Crippen LogP contribution in [0.3, 0.4) is 0 Å². The Kier molecular flexibility index (Phi) is 5.49. The van der Waals surface area contributed by atoms with E-state index >= 15 is 0 Å². The molecule has 1 amide bonds. The summed E-state index contributed by atoms with van der Waals surface area (Å²) in [6, 6.07) is 13.9. The second-order valence-electron chi connectivity index (χ2n) is 6.80. The molecule has 2 heterocycles. The zero-order valence-electron chi connectivity index (χ0n) is 15.8. The highest BCUT2D eigenvalue weighted by Gasteiger charge is 2.27. The van der Waals surface area contributed by atoms with Crippen molar-refractivity contribution < 1.29 is 13.2 Å². The minimum absolute atomic E-state index is 0.208. The number of thiazole rings is 1. The summed E-state index contributed by atoms with van der Waals surface area (Å²) in [6.45, 7) is 5.43. The van der Waals surface area contributed by atoms with Crippen molar-refractivity contribution in [1.29, 1.82) is 0 Å². The highest BCUT2D eigenvalue weighted by molar-refractivity contribution is 7.89. The summed E-state index contributed by atoms with van der Waals surface area (Å²) in [6.07, 6.45) is 3.53. The van der Waals surface area contributed by atoms with Gasteiger partial charge in [0.05, 0.1) is 15.1 Å². The topological polar surface area (TPSA) is 71.7 Å². The molecule has 8 heteroatoms. The Morgan fingerprint density at radius 1 is 1.10 bits per heavy atom. The number of benzene rings is 2. The third kappa shape index (κ3) is 3.83. The van der Waals surface area contributed by atoms with Crippen LogP contribution in [0.4, 0.5) is 0 Å². The predicted octanol–water partition coefficient (Wildman–Crippen LogP) is 3.41. The Labute approximate surface area is 173 Å². The van der Waals surface area contributed by atoms with E-state index in [0.717, 1.165) is 23.1 Å². The molecule has 1 aromatic heterocycles. The minimum atomic E-state index is -3.49. The largest absolute Gasteiger partial charge is 0.312 e. The van der Waals surface area contributed by atoms with Crippen molar-refractivity contribution >= 4 is 37.5 Å². The normalized spacial score (nSPS) is 15.8. The smallest absolute Gasteiger partial charge is 0.279 e. The van der Waals surface area contributed by atoms with Gasteiger partial charge < -0.3 is 4.57 Å². The summed E-state index contributed by atoms with van der Waals surface area (Å²) in [4.78, 5) is 17.8. The first-order valence-electron chi connectivity index (χ1n) is 9.39. The number of carbonyl (C=O) groups excluding carboxylic acids is 1. The summed E-state index contributed by atoms with van der Waals surface area (Å²) in [5, 5.41) is 0. The van der Waals surface area contributed by atoms with E-state index in [4.69, 9.17) is 0 Å². The zero-order chi connectivity index (χ0) is 20.4. The van der Waals surface area contributed by atoms with Crippen LogP contribution in [0.15, 0.2) is 71.1 Å². The molecule has 2 aromatic carbocycles. The highest BCUT2D eigenvalue weighted by atomic mass is 32.2. The number of sulfonamides is 1. The highest BCUT2D eigenvalue weighted by Crippen LogP contribution is 2.21. The van der Waals surface area contributed by atoms with Gasteiger partial charge >= 0.3 is 0 Å². The lowest BCUT2D eigenvalue weighted by molar-refractivity contribution is 0.0998. The summed E-state index contributed by atoms with van der Waals surface area (Å²) < 4.78 is 29.7. The molecule has 0 saturated carbocycles. The van der Waals surface area contributed by atoms with Crippen LogP contribution >= 0.6 is 11.3 Å². The number of hydrogen-bond donors (Lipinski definition) is 0. The fourth-order valence-corrected chi connectivity index (χ4v) is 5.96. The number of amides is 1. The van der Waals surface area contributed by atoms with Crippen LogP contribution < -0.4 is 4.80 Å². The number of allylic oxidation sites excluding steroid dienone is 1. The van der Waals surface area contributed by atoms with Gasteiger partial charge in [0.15, 0.2) is 4.80 Å². The average Bonchev–Trinajstić information content (AvgIpc) is 3.38. The number of fused-ring (bicyclic) bond motifs is 1. The monoisotopic (exact) mass is 427 g/mol. The molecule has 0 aliphatic carbocycles. The van der Waals surface area contributed by atoms with Crippen LogP contribution in [-0.2, 0) is 16.6 Å². The van der Waals surface area contributed by atoms with Gasteiger partial charge in [-0.25, -0.2) is 8.42 Å². The first-order chi connectivity index (χ1) is 14.0. The quantitative estimate of drug-likeness (QED) is 0.586. The molecule has 0 atom stereocenters. The molecule has 0 bridgehead atoms. The van der Waals surface area contributed by atoms with Crippen molar-refractivity contribution in [3.05, 3.63) is 71.6 Å². The van der Waals surface area contributed by atoms with Crippen LogP contribution in [0, 0.1) is 0 Å². The summed E-state index contributed by atoms with van der Waals surface area (Å²) in [5.74, 6) is -0.403. The van der Waals surface area contributed by atoms with Crippen LogP contribution in [0.25, 0.3) is 10.2 Å². The van der Waals surface area contributed by atoms with Gasteiger partial charge in [0.2, 0.25) is 10.0 Å². The summed E-state index contributed by atoms with van der Waals surface area (Å²) in [7, 11) is -3.49. The molecule has 0 radical (unpaired) electrons. The van der Waals surface area contributed by atoms with Gasteiger partial charge in [0.1, 0.15) is 0 Å². The lowest BCUT2D eigenvalue weighted by atomic mass is 10.2. The standard InChI is InChI=1S/C21H21N3O3S2/c1-2-13-24-18-7-3-4-8-19(18)28-21(24)22-20(25)16-9-11-17(12-10-16)29(26,27)23-14-5-6-15-23/h2-4,7-12H,1,5-6,13-15H2. The van der Waals surface area contributed by atoms with Crippen molar-refractivity contribution in [2.45, 2.75) is 24.3 Å². The molecule has 1 fully saturated rings. The number of nitrogens with zero attached hydrogens (tertiary/aromatic N) is 3. The van der Waals surface area contributed by atoms with E-state index in [2.05, 4.69) is 11.6 Å². The molecule has 6 nitrogen and oxygen atoms in total. The van der Waals surface area contributed by atoms with E-state index < -0.39 is 15.9 Å². The molecule has 0 N–H and O–H groups in total. The number of carbonyl (C=O) groups is 1. The lowest BCUT2D eigenvalue weighted by Gasteiger charge is -2.15. The fourth-order valence-electron chi connectivity index (χ4n) is 3.41. The molecule has 29 heavy (non-hydrogen) atoms. The Bertz CT molecular complexity index is 1230. The van der Waals surface area contributed by atoms with Crippen molar-refractivity contribution in [3.63, 3.8) is 0 Å². The lowest BCUT2D eigenvalue weighted by Crippen LogP contribution is -2.27. The maximum atomic E-state index is 12.7. The third-order valence-electron chi connectivity index (χ3n) is 4.90. The van der Waals surface area contributed by atoms with E-state index in [1.54, 1.807) is 6.08 Å². The molecule has 1 aliphatic heterocycles. The van der Waals surface area contributed by atoms with Crippen LogP contribution in [0.2, 0.25) is 0 Å². The van der Waals surface area contributed by atoms with Crippen LogP contribution in [0.5, 0.6) is 0 Å². The van der Waals surface area contributed by atoms with Gasteiger partial charge in [0, 0.05) is 25.2 Å². The second-order valence-corrected chi connectivity index (χ2v) is 9.75. The third-order valence-corrected chi connectivity index (χ3v) is 7.87. The SMILES string of the molecule is C=CCn1c(=NC(=O)c2ccc(S(=O)(=O)N3CCCC3)cc2)sc2ccccc21. The van der Waals surface area contributed by atoms with Gasteiger partial charge in [-0.05, 0) is 49.2 Å². The number of para-hydroxylation sites is 1. The molecule has 1 aliphatic rings. The van der Waals surface area contributed by atoms with Gasteiger partial charge in [-0.2, -0.15) is 9.30 Å². The molecule has 3 aromatic rings. The van der Waals surface area contributed by atoms with E-state index in [1.165, 1.54) is 39.9 Å². The van der Waals surface area contributed by atoms with Crippen LogP contribution in [0.1, 0.15) is 23.2 Å². The fraction of sp³-hybridized carbons (Fsp3) is 0.238. The molecule has 0 spiro atoms. The van der Waals surface area contributed by atoms with E-state index in [0.29, 0.717) is 30.0 Å². The Hall–Kier alpha value is -2.55. The average molecular weight is 428 g/mol. The van der Waals surface area contributed by atoms with Crippen molar-refractivity contribution in [2.24, 2.45) is 4.99 Å². The van der Waals surface area contributed by atoms with Crippen molar-refractivity contribution in [2.75, 3.05) is 13.1 Å². The Balaban J connectivity index is 1.66. The maximum absolute atomic E-state index is 12.7. The van der Waals surface area contributed by atoms with E-state index in [1.807, 2.05) is 28.8 Å². The first kappa shape index (κ1) is 19.8. The molecule has 0 unspecified atom stereocenters. The molecular formula is C21H21N3O3S2. The van der Waals surface area contributed by atoms with E-state index in [-0.39, 0.29) is 4.90 Å². The predicted molar refractivity (Wildman–Crippen MR) is 114 cm³/mol. The molecule has 4 rings (SSSR count). The Morgan fingerprint density at radius 2 is 1.79 bits per heavy atom. The van der Waals surface area contributed by atoms with Gasteiger partial charge in [-0.15, -0.1) is 6.58 Å². The molecular weight excluding hydrogens is 406 g/mol. The van der Waals surface area contributed by atoms with Crippen molar-refractivity contribution in [3.8, 4) is 0 Å². The Morgan fingerprint density at radius 3 is 2.48 bits per heavy atom.